The van der Waals surface area contributed by atoms with E-state index in [0.717, 1.165) is 19.3 Å². The van der Waals surface area contributed by atoms with E-state index < -0.39 is 12.9 Å². The van der Waals surface area contributed by atoms with Crippen LogP contribution in [0.15, 0.2) is 18.2 Å². The van der Waals surface area contributed by atoms with Crippen molar-refractivity contribution in [1.82, 2.24) is 0 Å². The number of hydrogen-bond donors (Lipinski definition) is 2. The summed E-state index contributed by atoms with van der Waals surface area (Å²) in [5, 5.41) is 18.0. The van der Waals surface area contributed by atoms with E-state index in [1.165, 1.54) is 31.0 Å². The summed E-state index contributed by atoms with van der Waals surface area (Å²) in [7, 11) is -1.60. The van der Waals surface area contributed by atoms with Gasteiger partial charge in [0.2, 0.25) is 0 Å². The number of unbranched alkanes of at least 4 members (excludes halogenated alkanes) is 4. The fraction of sp³-hybridized carbons (Fsp3) is 0.538. The molecule has 0 saturated carbocycles. The first-order valence-corrected chi connectivity index (χ1v) is 6.43. The van der Waals surface area contributed by atoms with Crippen LogP contribution in [-0.4, -0.2) is 23.8 Å². The Morgan fingerprint density at radius 1 is 1.17 bits per heavy atom. The van der Waals surface area contributed by atoms with Crippen molar-refractivity contribution in [2.75, 3.05) is 6.61 Å². The van der Waals surface area contributed by atoms with Crippen LogP contribution in [0.5, 0.6) is 5.75 Å². The van der Waals surface area contributed by atoms with E-state index in [1.807, 2.05) is 0 Å². The van der Waals surface area contributed by atoms with Crippen molar-refractivity contribution in [3.63, 3.8) is 0 Å². The van der Waals surface area contributed by atoms with Crippen LogP contribution in [0.1, 0.15) is 39.0 Å². The van der Waals surface area contributed by atoms with Crippen molar-refractivity contribution in [1.29, 1.82) is 0 Å². The Kier molecular flexibility index (Phi) is 6.76. The second-order valence-electron chi connectivity index (χ2n) is 4.33. The van der Waals surface area contributed by atoms with Crippen LogP contribution in [0.25, 0.3) is 0 Å². The zero-order valence-electron chi connectivity index (χ0n) is 10.7. The summed E-state index contributed by atoms with van der Waals surface area (Å²) in [6.45, 7) is 2.60. The molecule has 0 radical (unpaired) electrons. The zero-order valence-corrected chi connectivity index (χ0v) is 10.7. The molecule has 5 heteroatoms. The van der Waals surface area contributed by atoms with Crippen LogP contribution in [0.4, 0.5) is 4.39 Å². The first-order valence-electron chi connectivity index (χ1n) is 6.43. The van der Waals surface area contributed by atoms with Crippen molar-refractivity contribution in [2.45, 2.75) is 39.0 Å². The minimum Gasteiger partial charge on any atom is -0.491 e. The third-order valence-corrected chi connectivity index (χ3v) is 2.76. The fourth-order valence-corrected chi connectivity index (χ4v) is 1.68. The van der Waals surface area contributed by atoms with Crippen molar-refractivity contribution in [3.05, 3.63) is 24.0 Å². The topological polar surface area (TPSA) is 49.7 Å². The Labute approximate surface area is 108 Å². The van der Waals surface area contributed by atoms with Crippen molar-refractivity contribution in [2.24, 2.45) is 0 Å². The molecule has 0 unspecified atom stereocenters. The highest BCUT2D eigenvalue weighted by Crippen LogP contribution is 2.15. The summed E-state index contributed by atoms with van der Waals surface area (Å²) in [5.74, 6) is -0.399. The summed E-state index contributed by atoms with van der Waals surface area (Å²) >= 11 is 0. The van der Waals surface area contributed by atoms with Gasteiger partial charge in [0.15, 0.2) is 11.6 Å². The predicted octanol–water partition coefficient (Wildman–Crippen LogP) is 1.85. The second kappa shape index (κ2) is 8.11. The largest absolute Gasteiger partial charge is 0.491 e. The van der Waals surface area contributed by atoms with Gasteiger partial charge < -0.3 is 14.8 Å². The van der Waals surface area contributed by atoms with E-state index in [0.29, 0.717) is 6.61 Å². The Hall–Kier alpha value is -1.07. The highest BCUT2D eigenvalue weighted by Gasteiger charge is 2.14. The van der Waals surface area contributed by atoms with Gasteiger partial charge in [0.25, 0.3) is 0 Å². The quantitative estimate of drug-likeness (QED) is 0.550. The molecule has 18 heavy (non-hydrogen) atoms. The molecule has 0 aliphatic carbocycles. The normalized spacial score (nSPS) is 10.4. The number of ether oxygens (including phenoxy) is 1. The molecule has 0 atom stereocenters. The van der Waals surface area contributed by atoms with Gasteiger partial charge in [-0.25, -0.2) is 4.39 Å². The molecule has 0 bridgehead atoms. The van der Waals surface area contributed by atoms with Gasteiger partial charge in [-0.1, -0.05) is 38.7 Å². The van der Waals surface area contributed by atoms with Crippen LogP contribution >= 0.6 is 0 Å². The third-order valence-electron chi connectivity index (χ3n) is 2.76. The Balaban J connectivity index is 2.39. The monoisotopic (exact) mass is 254 g/mol. The van der Waals surface area contributed by atoms with Crippen molar-refractivity contribution < 1.29 is 19.2 Å². The van der Waals surface area contributed by atoms with E-state index >= 15 is 0 Å². The van der Waals surface area contributed by atoms with Gasteiger partial charge in [-0.15, -0.1) is 0 Å². The second-order valence-corrected chi connectivity index (χ2v) is 4.33. The Bertz CT molecular complexity index is 358. The van der Waals surface area contributed by atoms with Crippen molar-refractivity contribution >= 4 is 12.6 Å². The maximum absolute atomic E-state index is 13.4. The minimum absolute atomic E-state index is 0.0797. The maximum Gasteiger partial charge on any atom is 0.488 e. The van der Waals surface area contributed by atoms with Gasteiger partial charge in [0, 0.05) is 0 Å². The lowest BCUT2D eigenvalue weighted by Gasteiger charge is -2.09. The van der Waals surface area contributed by atoms with E-state index in [4.69, 9.17) is 14.8 Å². The van der Waals surface area contributed by atoms with Gasteiger partial charge in [0.1, 0.15) is 0 Å². The van der Waals surface area contributed by atoms with Crippen LogP contribution < -0.4 is 10.2 Å². The highest BCUT2D eigenvalue weighted by atomic mass is 19.1. The van der Waals surface area contributed by atoms with Crippen molar-refractivity contribution in [3.8, 4) is 5.75 Å². The van der Waals surface area contributed by atoms with Gasteiger partial charge in [0.05, 0.1) is 6.61 Å². The number of hydrogen-bond acceptors (Lipinski definition) is 3. The van der Waals surface area contributed by atoms with Gasteiger partial charge in [-0.05, 0) is 24.0 Å². The first kappa shape index (κ1) is 15.0. The summed E-state index contributed by atoms with van der Waals surface area (Å²) in [4.78, 5) is 0. The van der Waals surface area contributed by atoms with E-state index in [9.17, 15) is 4.39 Å². The summed E-state index contributed by atoms with van der Waals surface area (Å²) < 4.78 is 18.7. The van der Waals surface area contributed by atoms with Crippen LogP contribution in [0, 0.1) is 5.82 Å². The maximum atomic E-state index is 13.4. The Morgan fingerprint density at radius 2 is 1.89 bits per heavy atom. The molecule has 0 saturated heterocycles. The number of benzene rings is 1. The summed E-state index contributed by atoms with van der Waals surface area (Å²) in [5.41, 5.74) is 0.234. The molecule has 0 fully saturated rings. The molecule has 1 rings (SSSR count). The highest BCUT2D eigenvalue weighted by molar-refractivity contribution is 6.58. The third kappa shape index (κ3) is 5.06. The number of rotatable bonds is 8. The van der Waals surface area contributed by atoms with Crippen LogP contribution in [0.3, 0.4) is 0 Å². The summed E-state index contributed by atoms with van der Waals surface area (Å²) in [6.07, 6.45) is 5.51. The molecule has 100 valence electrons. The van der Waals surface area contributed by atoms with Gasteiger partial charge in [-0.3, -0.25) is 0 Å². The molecule has 0 aromatic heterocycles. The lowest BCUT2D eigenvalue weighted by molar-refractivity contribution is 0.290. The summed E-state index contributed by atoms with van der Waals surface area (Å²) in [6, 6.07) is 3.83. The molecule has 3 nitrogen and oxygen atoms in total. The van der Waals surface area contributed by atoms with Crippen LogP contribution in [0.2, 0.25) is 0 Å². The molecular formula is C13H20BFO3. The van der Waals surface area contributed by atoms with E-state index in [-0.39, 0.29) is 11.2 Å². The van der Waals surface area contributed by atoms with E-state index in [2.05, 4.69) is 6.92 Å². The molecule has 0 amide bonds. The average molecular weight is 254 g/mol. The zero-order chi connectivity index (χ0) is 13.4. The average Bonchev–Trinajstić information content (AvgIpc) is 2.35. The van der Waals surface area contributed by atoms with E-state index in [1.54, 1.807) is 0 Å². The molecule has 0 aliphatic rings. The SMILES string of the molecule is CCCCCCCOc1cc(B(O)O)ccc1F. The molecule has 1 aromatic rings. The van der Waals surface area contributed by atoms with Gasteiger partial charge >= 0.3 is 7.12 Å². The Morgan fingerprint density at radius 3 is 2.56 bits per heavy atom. The van der Waals surface area contributed by atoms with Gasteiger partial charge in [-0.2, -0.15) is 0 Å². The molecular weight excluding hydrogens is 234 g/mol. The standard InChI is InChI=1S/C13H20BFO3/c1-2-3-4-5-6-9-18-13-10-11(14(16)17)7-8-12(13)15/h7-8,10,16-17H,2-6,9H2,1H3. The molecule has 1 aromatic carbocycles. The molecule has 0 spiro atoms. The lowest BCUT2D eigenvalue weighted by Crippen LogP contribution is -2.29. The minimum atomic E-state index is -1.60. The fourth-order valence-electron chi connectivity index (χ4n) is 1.68. The predicted molar refractivity (Wildman–Crippen MR) is 70.5 cm³/mol. The molecule has 0 aliphatic heterocycles. The number of halogens is 1. The lowest BCUT2D eigenvalue weighted by atomic mass is 9.80. The first-order chi connectivity index (χ1) is 8.65. The molecule has 0 heterocycles. The molecule has 2 N–H and O–H groups in total. The van der Waals surface area contributed by atoms with Crippen LogP contribution in [-0.2, 0) is 0 Å². The smallest absolute Gasteiger partial charge is 0.488 e.